The molecular weight excluding hydrogens is 190 g/mol. The van der Waals surface area contributed by atoms with Crippen molar-refractivity contribution in [3.05, 3.63) is 17.1 Å². The molecule has 0 saturated carbocycles. The SMILES string of the molecule is c1nc2nc3scnc3cc2s1. The molecule has 3 aromatic heterocycles. The van der Waals surface area contributed by atoms with E-state index >= 15 is 0 Å². The molecule has 0 saturated heterocycles. The minimum absolute atomic E-state index is 0.830. The second-order valence-corrected chi connectivity index (χ2v) is 4.06. The molecule has 3 heterocycles. The molecule has 0 aliphatic heterocycles. The Morgan fingerprint density at radius 1 is 1.08 bits per heavy atom. The lowest BCUT2D eigenvalue weighted by Gasteiger charge is -1.86. The van der Waals surface area contributed by atoms with Gasteiger partial charge < -0.3 is 0 Å². The van der Waals surface area contributed by atoms with Crippen molar-refractivity contribution < 1.29 is 0 Å². The zero-order valence-electron chi connectivity index (χ0n) is 5.89. The standard InChI is InChI=1S/C7H3N3S2/c1-4-7(12-2-8-4)10-6-5(1)11-3-9-6/h1-3H. The van der Waals surface area contributed by atoms with Crippen LogP contribution in [-0.2, 0) is 0 Å². The fraction of sp³-hybridized carbons (Fsp3) is 0. The molecule has 0 aliphatic carbocycles. The van der Waals surface area contributed by atoms with E-state index in [9.17, 15) is 0 Å². The molecule has 0 N–H and O–H groups in total. The van der Waals surface area contributed by atoms with Crippen LogP contribution in [0.1, 0.15) is 0 Å². The summed E-state index contributed by atoms with van der Waals surface area (Å²) in [6.45, 7) is 0. The van der Waals surface area contributed by atoms with Gasteiger partial charge in [0.1, 0.15) is 10.3 Å². The third kappa shape index (κ3) is 0.774. The largest absolute Gasteiger partial charge is 0.243 e. The average molecular weight is 193 g/mol. The molecule has 12 heavy (non-hydrogen) atoms. The minimum atomic E-state index is 0.830. The quantitative estimate of drug-likeness (QED) is 0.550. The van der Waals surface area contributed by atoms with Crippen LogP contribution in [0.5, 0.6) is 0 Å². The molecule has 58 valence electrons. The number of thiazole rings is 2. The Labute approximate surface area is 75.7 Å². The van der Waals surface area contributed by atoms with Gasteiger partial charge in [-0.25, -0.2) is 15.0 Å². The van der Waals surface area contributed by atoms with Crippen molar-refractivity contribution in [2.75, 3.05) is 0 Å². The predicted octanol–water partition coefficient (Wildman–Crippen LogP) is 2.30. The van der Waals surface area contributed by atoms with Crippen molar-refractivity contribution in [2.24, 2.45) is 0 Å². The van der Waals surface area contributed by atoms with Crippen LogP contribution < -0.4 is 0 Å². The molecule has 3 aromatic rings. The highest BCUT2D eigenvalue weighted by Gasteiger charge is 2.02. The summed E-state index contributed by atoms with van der Waals surface area (Å²) in [6.07, 6.45) is 0. The number of pyridine rings is 1. The molecular formula is C7H3N3S2. The van der Waals surface area contributed by atoms with Gasteiger partial charge in [-0.05, 0) is 6.07 Å². The molecule has 0 aliphatic rings. The summed E-state index contributed by atoms with van der Waals surface area (Å²) >= 11 is 3.14. The van der Waals surface area contributed by atoms with Crippen LogP contribution in [0, 0.1) is 0 Å². The van der Waals surface area contributed by atoms with Gasteiger partial charge in [0, 0.05) is 0 Å². The maximum atomic E-state index is 4.35. The van der Waals surface area contributed by atoms with E-state index in [1.165, 1.54) is 0 Å². The van der Waals surface area contributed by atoms with Crippen LogP contribution in [0.2, 0.25) is 0 Å². The van der Waals surface area contributed by atoms with Gasteiger partial charge in [0.15, 0.2) is 5.65 Å². The lowest BCUT2D eigenvalue weighted by atomic mass is 10.4. The second-order valence-electron chi connectivity index (χ2n) is 2.34. The van der Waals surface area contributed by atoms with Gasteiger partial charge in [0.2, 0.25) is 0 Å². The number of nitrogens with zero attached hydrogens (tertiary/aromatic N) is 3. The van der Waals surface area contributed by atoms with Gasteiger partial charge >= 0.3 is 0 Å². The number of hydrogen-bond donors (Lipinski definition) is 0. The van der Waals surface area contributed by atoms with E-state index in [4.69, 9.17) is 0 Å². The van der Waals surface area contributed by atoms with Gasteiger partial charge in [-0.1, -0.05) is 0 Å². The van der Waals surface area contributed by atoms with Gasteiger partial charge in [0.25, 0.3) is 0 Å². The van der Waals surface area contributed by atoms with Crippen molar-refractivity contribution in [3.63, 3.8) is 0 Å². The Hall–Kier alpha value is -1.07. The molecule has 0 atom stereocenters. The predicted molar refractivity (Wildman–Crippen MR) is 50.6 cm³/mol. The van der Waals surface area contributed by atoms with Crippen LogP contribution in [0.15, 0.2) is 17.1 Å². The first kappa shape index (κ1) is 6.45. The van der Waals surface area contributed by atoms with E-state index in [1.807, 2.05) is 6.07 Å². The molecule has 0 bridgehead atoms. The molecule has 3 rings (SSSR count). The zero-order chi connectivity index (χ0) is 7.97. The summed E-state index contributed by atoms with van der Waals surface area (Å²) in [4.78, 5) is 13.6. The summed E-state index contributed by atoms with van der Waals surface area (Å²) in [5.74, 6) is 0. The summed E-state index contributed by atoms with van der Waals surface area (Å²) in [5.41, 5.74) is 5.41. The summed E-state index contributed by atoms with van der Waals surface area (Å²) < 4.78 is 1.11. The number of aromatic nitrogens is 3. The van der Waals surface area contributed by atoms with Gasteiger partial charge in [-0.2, -0.15) is 0 Å². The Balaban J connectivity index is 2.62. The number of fused-ring (bicyclic) bond motifs is 2. The first-order valence-electron chi connectivity index (χ1n) is 3.37. The van der Waals surface area contributed by atoms with Crippen molar-refractivity contribution in [1.29, 1.82) is 0 Å². The third-order valence-corrected chi connectivity index (χ3v) is 3.13. The fourth-order valence-electron chi connectivity index (χ4n) is 1.08. The van der Waals surface area contributed by atoms with Crippen LogP contribution in [-0.4, -0.2) is 15.0 Å². The Bertz CT molecular complexity index is 449. The van der Waals surface area contributed by atoms with E-state index in [2.05, 4.69) is 15.0 Å². The number of rotatable bonds is 0. The van der Waals surface area contributed by atoms with E-state index in [1.54, 1.807) is 33.7 Å². The summed E-state index contributed by atoms with van der Waals surface area (Å²) in [7, 11) is 0. The van der Waals surface area contributed by atoms with Crippen molar-refractivity contribution in [3.8, 4) is 0 Å². The Kier molecular flexibility index (Phi) is 1.19. The summed E-state index contributed by atoms with van der Waals surface area (Å²) in [5, 5.41) is 0. The number of hydrogen-bond acceptors (Lipinski definition) is 5. The molecule has 0 spiro atoms. The minimum Gasteiger partial charge on any atom is -0.243 e. The maximum Gasteiger partial charge on any atom is 0.171 e. The fourth-order valence-corrected chi connectivity index (χ4v) is 2.37. The maximum absolute atomic E-state index is 4.35. The Morgan fingerprint density at radius 2 is 2.00 bits per heavy atom. The van der Waals surface area contributed by atoms with Crippen LogP contribution in [0.25, 0.3) is 20.7 Å². The summed E-state index contributed by atoms with van der Waals surface area (Å²) in [6, 6.07) is 2.03. The van der Waals surface area contributed by atoms with Crippen molar-refractivity contribution in [2.45, 2.75) is 0 Å². The highest BCUT2D eigenvalue weighted by Crippen LogP contribution is 2.22. The molecule has 0 fully saturated rings. The molecule has 0 unspecified atom stereocenters. The smallest absolute Gasteiger partial charge is 0.171 e. The first-order chi connectivity index (χ1) is 5.93. The van der Waals surface area contributed by atoms with Crippen LogP contribution >= 0.6 is 22.7 Å². The van der Waals surface area contributed by atoms with E-state index in [-0.39, 0.29) is 0 Å². The van der Waals surface area contributed by atoms with Crippen LogP contribution in [0.3, 0.4) is 0 Å². The lowest BCUT2D eigenvalue weighted by molar-refractivity contribution is 1.38. The first-order valence-corrected chi connectivity index (χ1v) is 5.13. The van der Waals surface area contributed by atoms with Crippen molar-refractivity contribution >= 4 is 43.4 Å². The molecule has 5 heteroatoms. The highest BCUT2D eigenvalue weighted by molar-refractivity contribution is 7.17. The lowest BCUT2D eigenvalue weighted by Crippen LogP contribution is -1.75. The molecule has 0 aromatic carbocycles. The molecule has 0 amide bonds. The van der Waals surface area contributed by atoms with E-state index in [0.29, 0.717) is 0 Å². The average Bonchev–Trinajstić information content (AvgIpc) is 2.64. The van der Waals surface area contributed by atoms with Crippen molar-refractivity contribution in [1.82, 2.24) is 15.0 Å². The van der Waals surface area contributed by atoms with E-state index < -0.39 is 0 Å². The topological polar surface area (TPSA) is 38.7 Å². The molecule has 0 radical (unpaired) electrons. The van der Waals surface area contributed by atoms with Crippen LogP contribution in [0.4, 0.5) is 0 Å². The van der Waals surface area contributed by atoms with E-state index in [0.717, 1.165) is 20.7 Å². The van der Waals surface area contributed by atoms with Gasteiger partial charge in [-0.15, -0.1) is 22.7 Å². The zero-order valence-corrected chi connectivity index (χ0v) is 7.52. The Morgan fingerprint density at radius 3 is 3.00 bits per heavy atom. The second kappa shape index (κ2) is 2.21. The third-order valence-electron chi connectivity index (χ3n) is 1.63. The normalized spacial score (nSPS) is 11.3. The monoisotopic (exact) mass is 193 g/mol. The van der Waals surface area contributed by atoms with Gasteiger partial charge in [-0.3, -0.25) is 0 Å². The highest BCUT2D eigenvalue weighted by atomic mass is 32.1. The van der Waals surface area contributed by atoms with Gasteiger partial charge in [0.05, 0.1) is 15.7 Å². The molecule has 3 nitrogen and oxygen atoms in total.